The van der Waals surface area contributed by atoms with Crippen LogP contribution in [-0.4, -0.2) is 40.0 Å². The molecule has 0 fully saturated rings. The van der Waals surface area contributed by atoms with Crippen molar-refractivity contribution in [3.8, 4) is 0 Å². The number of hydrogen-bond donors (Lipinski definition) is 0. The van der Waals surface area contributed by atoms with Gasteiger partial charge in [0.15, 0.2) is 5.76 Å². The minimum atomic E-state index is -0.938. The third-order valence-electron chi connectivity index (χ3n) is 4.25. The highest BCUT2D eigenvalue weighted by molar-refractivity contribution is 5.87. The summed E-state index contributed by atoms with van der Waals surface area (Å²) in [7, 11) is 4.77. The lowest BCUT2D eigenvalue weighted by atomic mass is 9.89. The summed E-state index contributed by atoms with van der Waals surface area (Å²) < 4.78 is 28.1. The SMILES string of the molecule is C=C(C)C(=O)OC(C)COC1=C(OC)CC(OC)(OC)c2ccccc21. The summed E-state index contributed by atoms with van der Waals surface area (Å²) in [5.74, 6) is -0.187. The topological polar surface area (TPSA) is 63.2 Å². The quantitative estimate of drug-likeness (QED) is 0.401. The summed E-state index contributed by atoms with van der Waals surface area (Å²) in [6.45, 7) is 7.12. The number of rotatable bonds is 8. The standard InChI is InChI=1S/C20H26O6/c1-13(2)19(21)26-14(3)12-25-18-15-9-7-8-10-16(15)20(23-5,24-6)11-17(18)22-4/h7-10,14H,1,11-12H2,2-6H3. The molecule has 1 aromatic rings. The Labute approximate surface area is 154 Å². The molecular weight excluding hydrogens is 336 g/mol. The molecule has 142 valence electrons. The molecule has 0 radical (unpaired) electrons. The molecule has 2 rings (SSSR count). The van der Waals surface area contributed by atoms with Crippen LogP contribution in [0, 0.1) is 0 Å². The van der Waals surface area contributed by atoms with Crippen molar-refractivity contribution >= 4 is 11.7 Å². The zero-order chi connectivity index (χ0) is 19.3. The van der Waals surface area contributed by atoms with Crippen LogP contribution in [0.2, 0.25) is 0 Å². The van der Waals surface area contributed by atoms with Crippen LogP contribution in [0.5, 0.6) is 0 Å². The molecule has 0 bridgehead atoms. The predicted octanol–water partition coefficient (Wildman–Crippen LogP) is 3.38. The first kappa shape index (κ1) is 20.0. The minimum absolute atomic E-state index is 0.183. The van der Waals surface area contributed by atoms with Gasteiger partial charge in [-0.05, 0) is 13.8 Å². The van der Waals surface area contributed by atoms with Crippen molar-refractivity contribution in [1.29, 1.82) is 0 Å². The fraction of sp³-hybridized carbons (Fsp3) is 0.450. The number of esters is 1. The van der Waals surface area contributed by atoms with E-state index in [0.717, 1.165) is 11.1 Å². The minimum Gasteiger partial charge on any atom is -0.497 e. The number of hydrogen-bond acceptors (Lipinski definition) is 6. The molecular formula is C20H26O6. The number of benzene rings is 1. The van der Waals surface area contributed by atoms with Gasteiger partial charge >= 0.3 is 5.97 Å². The molecule has 0 amide bonds. The van der Waals surface area contributed by atoms with Gasteiger partial charge in [0.2, 0.25) is 5.79 Å². The molecule has 6 heteroatoms. The Morgan fingerprint density at radius 1 is 1.23 bits per heavy atom. The van der Waals surface area contributed by atoms with E-state index in [1.54, 1.807) is 35.2 Å². The van der Waals surface area contributed by atoms with Gasteiger partial charge in [0.25, 0.3) is 0 Å². The molecule has 0 aliphatic heterocycles. The second kappa shape index (κ2) is 8.38. The van der Waals surface area contributed by atoms with Crippen LogP contribution >= 0.6 is 0 Å². The molecule has 6 nitrogen and oxygen atoms in total. The summed E-state index contributed by atoms with van der Waals surface area (Å²) >= 11 is 0. The first-order valence-electron chi connectivity index (χ1n) is 8.35. The molecule has 1 aliphatic carbocycles. The second-order valence-corrected chi connectivity index (χ2v) is 6.15. The highest BCUT2D eigenvalue weighted by atomic mass is 16.7. The molecule has 1 aromatic carbocycles. The monoisotopic (exact) mass is 362 g/mol. The predicted molar refractivity (Wildman–Crippen MR) is 97.0 cm³/mol. The highest BCUT2D eigenvalue weighted by Crippen LogP contribution is 2.44. The van der Waals surface area contributed by atoms with Gasteiger partial charge < -0.3 is 23.7 Å². The maximum Gasteiger partial charge on any atom is 0.333 e. The molecule has 0 saturated carbocycles. The summed E-state index contributed by atoms with van der Waals surface area (Å²) in [5.41, 5.74) is 2.02. The Hall–Kier alpha value is -2.31. The molecule has 0 spiro atoms. The van der Waals surface area contributed by atoms with Crippen LogP contribution in [0.15, 0.2) is 42.2 Å². The van der Waals surface area contributed by atoms with Gasteiger partial charge in [-0.2, -0.15) is 0 Å². The van der Waals surface area contributed by atoms with E-state index in [4.69, 9.17) is 23.7 Å². The zero-order valence-electron chi connectivity index (χ0n) is 16.0. The molecule has 0 aromatic heterocycles. The van der Waals surface area contributed by atoms with Gasteiger partial charge in [0.1, 0.15) is 18.5 Å². The number of methoxy groups -OCH3 is 3. The summed E-state index contributed by atoms with van der Waals surface area (Å²) in [5, 5.41) is 0. The fourth-order valence-corrected chi connectivity index (χ4v) is 2.84. The number of carbonyl (C=O) groups excluding carboxylic acids is 1. The van der Waals surface area contributed by atoms with Gasteiger partial charge in [0.05, 0.1) is 13.5 Å². The number of carbonyl (C=O) groups is 1. The van der Waals surface area contributed by atoms with Crippen LogP contribution in [0.25, 0.3) is 5.76 Å². The summed E-state index contributed by atoms with van der Waals surface area (Å²) in [6, 6.07) is 7.67. The van der Waals surface area contributed by atoms with Crippen LogP contribution in [0.1, 0.15) is 31.4 Å². The highest BCUT2D eigenvalue weighted by Gasteiger charge is 2.42. The Balaban J connectivity index is 2.28. The van der Waals surface area contributed by atoms with Crippen molar-refractivity contribution in [2.45, 2.75) is 32.2 Å². The lowest BCUT2D eigenvalue weighted by molar-refractivity contribution is -0.220. The van der Waals surface area contributed by atoms with Crippen molar-refractivity contribution in [2.75, 3.05) is 27.9 Å². The molecule has 0 saturated heterocycles. The van der Waals surface area contributed by atoms with E-state index in [1.165, 1.54) is 0 Å². The van der Waals surface area contributed by atoms with E-state index in [9.17, 15) is 4.79 Å². The molecule has 1 aliphatic rings. The Kier molecular flexibility index (Phi) is 6.45. The van der Waals surface area contributed by atoms with Crippen molar-refractivity contribution in [1.82, 2.24) is 0 Å². The first-order valence-corrected chi connectivity index (χ1v) is 8.35. The number of fused-ring (bicyclic) bond motifs is 1. The van der Waals surface area contributed by atoms with Crippen molar-refractivity contribution < 1.29 is 28.5 Å². The lowest BCUT2D eigenvalue weighted by Gasteiger charge is -2.37. The Morgan fingerprint density at radius 2 is 1.88 bits per heavy atom. The van der Waals surface area contributed by atoms with Crippen LogP contribution in [-0.2, 0) is 34.3 Å². The van der Waals surface area contributed by atoms with Gasteiger partial charge in [-0.15, -0.1) is 0 Å². The van der Waals surface area contributed by atoms with E-state index >= 15 is 0 Å². The lowest BCUT2D eigenvalue weighted by Crippen LogP contribution is -2.36. The third kappa shape index (κ3) is 3.92. The fourth-order valence-electron chi connectivity index (χ4n) is 2.84. The molecule has 26 heavy (non-hydrogen) atoms. The molecule has 0 N–H and O–H groups in total. The second-order valence-electron chi connectivity index (χ2n) is 6.15. The first-order chi connectivity index (χ1) is 12.4. The molecule has 0 heterocycles. The Morgan fingerprint density at radius 3 is 2.46 bits per heavy atom. The van der Waals surface area contributed by atoms with Crippen molar-refractivity contribution in [2.24, 2.45) is 0 Å². The normalized spacial score (nSPS) is 16.5. The average molecular weight is 362 g/mol. The van der Waals surface area contributed by atoms with Crippen LogP contribution < -0.4 is 0 Å². The van der Waals surface area contributed by atoms with Gasteiger partial charge in [-0.1, -0.05) is 30.8 Å². The zero-order valence-corrected chi connectivity index (χ0v) is 16.0. The molecule has 1 unspecified atom stereocenters. The maximum atomic E-state index is 11.6. The van der Waals surface area contributed by atoms with E-state index in [-0.39, 0.29) is 6.61 Å². The van der Waals surface area contributed by atoms with Crippen molar-refractivity contribution in [3.63, 3.8) is 0 Å². The van der Waals surface area contributed by atoms with E-state index < -0.39 is 17.9 Å². The smallest absolute Gasteiger partial charge is 0.333 e. The summed E-state index contributed by atoms with van der Waals surface area (Å²) in [4.78, 5) is 11.6. The number of ether oxygens (including phenoxy) is 5. The van der Waals surface area contributed by atoms with E-state index in [0.29, 0.717) is 23.5 Å². The largest absolute Gasteiger partial charge is 0.497 e. The van der Waals surface area contributed by atoms with E-state index in [2.05, 4.69) is 6.58 Å². The van der Waals surface area contributed by atoms with Crippen LogP contribution in [0.3, 0.4) is 0 Å². The maximum absolute atomic E-state index is 11.6. The molecule has 1 atom stereocenters. The van der Waals surface area contributed by atoms with E-state index in [1.807, 2.05) is 24.3 Å². The van der Waals surface area contributed by atoms with Crippen molar-refractivity contribution in [3.05, 3.63) is 53.3 Å². The van der Waals surface area contributed by atoms with Crippen LogP contribution in [0.4, 0.5) is 0 Å². The van der Waals surface area contributed by atoms with Gasteiger partial charge in [-0.25, -0.2) is 4.79 Å². The third-order valence-corrected chi connectivity index (χ3v) is 4.25. The average Bonchev–Trinajstić information content (AvgIpc) is 2.65. The summed E-state index contributed by atoms with van der Waals surface area (Å²) in [6.07, 6.45) is -0.0727. The Bertz CT molecular complexity index is 702. The van der Waals surface area contributed by atoms with Gasteiger partial charge in [0, 0.05) is 30.9 Å². The van der Waals surface area contributed by atoms with Gasteiger partial charge in [-0.3, -0.25) is 0 Å².